The lowest BCUT2D eigenvalue weighted by Crippen LogP contribution is -2.34. The average Bonchev–Trinajstić information content (AvgIpc) is 3.19. The second-order valence-electron chi connectivity index (χ2n) is 6.20. The third-order valence-corrected chi connectivity index (χ3v) is 4.53. The summed E-state index contributed by atoms with van der Waals surface area (Å²) in [4.78, 5) is 12.5. The first-order chi connectivity index (χ1) is 11.7. The lowest BCUT2D eigenvalue weighted by molar-refractivity contribution is 0.0926. The maximum absolute atomic E-state index is 12.5. The minimum absolute atomic E-state index is 0. The molecule has 0 radical (unpaired) electrons. The number of carbonyl (C=O) groups excluding carboxylic acids is 1. The predicted octanol–water partition coefficient (Wildman–Crippen LogP) is 1.23. The number of aliphatic hydroxyl groups excluding tert-OH is 1. The molecule has 3 rings (SSSR count). The number of halogens is 1. The summed E-state index contributed by atoms with van der Waals surface area (Å²) in [5.41, 5.74) is 2.71. The number of hydrogen-bond acceptors (Lipinski definition) is 4. The van der Waals surface area contributed by atoms with Crippen LogP contribution in [0, 0.1) is 5.92 Å². The van der Waals surface area contributed by atoms with E-state index < -0.39 is 6.10 Å². The molecule has 2 atom stereocenters. The fourth-order valence-corrected chi connectivity index (χ4v) is 3.11. The van der Waals surface area contributed by atoms with Crippen LogP contribution in [0.5, 0.6) is 0 Å². The Kier molecular flexibility index (Phi) is 6.99. The van der Waals surface area contributed by atoms with E-state index in [9.17, 15) is 9.90 Å². The molecule has 0 spiro atoms. The van der Waals surface area contributed by atoms with Crippen LogP contribution in [0.25, 0.3) is 0 Å². The van der Waals surface area contributed by atoms with Gasteiger partial charge in [0.15, 0.2) is 0 Å². The van der Waals surface area contributed by atoms with Gasteiger partial charge >= 0.3 is 0 Å². The molecule has 1 amide bonds. The predicted molar refractivity (Wildman–Crippen MR) is 99.1 cm³/mol. The van der Waals surface area contributed by atoms with Crippen molar-refractivity contribution in [3.05, 3.63) is 53.3 Å². The molecule has 2 unspecified atom stereocenters. The van der Waals surface area contributed by atoms with Crippen LogP contribution in [0.4, 0.5) is 0 Å². The van der Waals surface area contributed by atoms with E-state index in [0.29, 0.717) is 25.2 Å². The van der Waals surface area contributed by atoms with Crippen molar-refractivity contribution in [1.29, 1.82) is 0 Å². The Morgan fingerprint density at radius 1 is 1.36 bits per heavy atom. The fraction of sp³-hybridized carbons (Fsp3) is 0.444. The first kappa shape index (κ1) is 19.4. The molecule has 1 aromatic heterocycles. The molecule has 1 saturated heterocycles. The Morgan fingerprint density at radius 2 is 2.12 bits per heavy atom. The summed E-state index contributed by atoms with van der Waals surface area (Å²) < 4.78 is 1.89. The molecule has 0 bridgehead atoms. The van der Waals surface area contributed by atoms with Gasteiger partial charge in [-0.3, -0.25) is 9.48 Å². The molecule has 7 heteroatoms. The second kappa shape index (κ2) is 8.99. The SMILES string of the molecule is CCc1c(C(=O)NCC2CNCC2O)cnn1Cc1ccccc1.Cl. The molecule has 1 aliphatic rings. The summed E-state index contributed by atoms with van der Waals surface area (Å²) in [7, 11) is 0. The van der Waals surface area contributed by atoms with Crippen molar-refractivity contribution in [1.82, 2.24) is 20.4 Å². The van der Waals surface area contributed by atoms with Gasteiger partial charge in [0.25, 0.3) is 5.91 Å². The number of aromatic nitrogens is 2. The van der Waals surface area contributed by atoms with E-state index in [1.54, 1.807) is 6.20 Å². The highest BCUT2D eigenvalue weighted by Crippen LogP contribution is 2.13. The molecular weight excluding hydrogens is 340 g/mol. The van der Waals surface area contributed by atoms with Crippen molar-refractivity contribution in [2.45, 2.75) is 26.0 Å². The Bertz CT molecular complexity index is 690. The summed E-state index contributed by atoms with van der Waals surface area (Å²) in [6.07, 6.45) is 1.99. The molecule has 0 aliphatic carbocycles. The van der Waals surface area contributed by atoms with Gasteiger partial charge < -0.3 is 15.7 Å². The van der Waals surface area contributed by atoms with Crippen molar-refractivity contribution < 1.29 is 9.90 Å². The van der Waals surface area contributed by atoms with Gasteiger partial charge in [0.1, 0.15) is 0 Å². The van der Waals surface area contributed by atoms with E-state index in [0.717, 1.165) is 24.2 Å². The summed E-state index contributed by atoms with van der Waals surface area (Å²) >= 11 is 0. The molecule has 0 saturated carbocycles. The number of aliphatic hydroxyl groups is 1. The van der Waals surface area contributed by atoms with Crippen LogP contribution in [0.2, 0.25) is 0 Å². The Hall–Kier alpha value is -1.89. The Labute approximate surface area is 154 Å². The van der Waals surface area contributed by atoms with Crippen LogP contribution in [-0.2, 0) is 13.0 Å². The minimum atomic E-state index is -0.392. The molecule has 25 heavy (non-hydrogen) atoms. The molecule has 136 valence electrons. The van der Waals surface area contributed by atoms with Gasteiger partial charge in [-0.25, -0.2) is 0 Å². The van der Waals surface area contributed by atoms with Gasteiger partial charge in [0.05, 0.1) is 30.1 Å². The van der Waals surface area contributed by atoms with E-state index in [4.69, 9.17) is 0 Å². The minimum Gasteiger partial charge on any atom is -0.391 e. The third-order valence-electron chi connectivity index (χ3n) is 4.53. The van der Waals surface area contributed by atoms with Crippen LogP contribution in [-0.4, -0.2) is 46.5 Å². The average molecular weight is 365 g/mol. The van der Waals surface area contributed by atoms with Crippen LogP contribution < -0.4 is 10.6 Å². The molecule has 1 aliphatic heterocycles. The van der Waals surface area contributed by atoms with Crippen molar-refractivity contribution in [2.24, 2.45) is 5.92 Å². The molecular formula is C18H25ClN4O2. The second-order valence-corrected chi connectivity index (χ2v) is 6.20. The molecule has 1 fully saturated rings. The van der Waals surface area contributed by atoms with E-state index >= 15 is 0 Å². The molecule has 1 aromatic carbocycles. The van der Waals surface area contributed by atoms with Gasteiger partial charge in [0, 0.05) is 25.6 Å². The van der Waals surface area contributed by atoms with Crippen molar-refractivity contribution in [3.8, 4) is 0 Å². The van der Waals surface area contributed by atoms with Gasteiger partial charge in [0.2, 0.25) is 0 Å². The summed E-state index contributed by atoms with van der Waals surface area (Å²) in [6.45, 7) is 4.48. The number of β-amino-alcohol motifs (C(OH)–C–C–N with tert-alkyl or cyclic N) is 1. The first-order valence-corrected chi connectivity index (χ1v) is 8.44. The number of carbonyl (C=O) groups is 1. The summed E-state index contributed by atoms with van der Waals surface area (Å²) in [6, 6.07) is 10.1. The number of benzene rings is 1. The highest BCUT2D eigenvalue weighted by molar-refractivity contribution is 5.95. The zero-order valence-corrected chi connectivity index (χ0v) is 15.1. The number of rotatable bonds is 6. The van der Waals surface area contributed by atoms with E-state index in [1.807, 2.05) is 29.8 Å². The summed E-state index contributed by atoms with van der Waals surface area (Å²) in [5, 5.41) is 20.3. The lowest BCUT2D eigenvalue weighted by Gasteiger charge is -2.14. The van der Waals surface area contributed by atoms with Gasteiger partial charge in [-0.15, -0.1) is 12.4 Å². The van der Waals surface area contributed by atoms with Crippen molar-refractivity contribution in [3.63, 3.8) is 0 Å². The first-order valence-electron chi connectivity index (χ1n) is 8.44. The third kappa shape index (κ3) is 4.60. The van der Waals surface area contributed by atoms with Gasteiger partial charge in [-0.05, 0) is 12.0 Å². The maximum Gasteiger partial charge on any atom is 0.254 e. The largest absolute Gasteiger partial charge is 0.391 e. The number of amides is 1. The quantitative estimate of drug-likeness (QED) is 0.720. The van der Waals surface area contributed by atoms with Gasteiger partial charge in [-0.2, -0.15) is 5.10 Å². The zero-order chi connectivity index (χ0) is 16.9. The van der Waals surface area contributed by atoms with Crippen molar-refractivity contribution in [2.75, 3.05) is 19.6 Å². The number of nitrogens with zero attached hydrogens (tertiary/aromatic N) is 2. The molecule has 3 N–H and O–H groups in total. The number of nitrogens with one attached hydrogen (secondary N) is 2. The molecule has 2 aromatic rings. The Balaban J connectivity index is 0.00000225. The van der Waals surface area contributed by atoms with E-state index in [1.165, 1.54) is 0 Å². The van der Waals surface area contributed by atoms with Crippen LogP contribution in [0.3, 0.4) is 0 Å². The molecule has 6 nitrogen and oxygen atoms in total. The summed E-state index contributed by atoms with van der Waals surface area (Å²) in [5.74, 6) is -0.0522. The molecule has 2 heterocycles. The van der Waals surface area contributed by atoms with Crippen molar-refractivity contribution >= 4 is 18.3 Å². The maximum atomic E-state index is 12.5. The van der Waals surface area contributed by atoms with Crippen LogP contribution in [0.1, 0.15) is 28.5 Å². The Morgan fingerprint density at radius 3 is 2.76 bits per heavy atom. The smallest absolute Gasteiger partial charge is 0.254 e. The highest BCUT2D eigenvalue weighted by Gasteiger charge is 2.26. The normalized spacial score (nSPS) is 19.4. The van der Waals surface area contributed by atoms with Gasteiger partial charge in [-0.1, -0.05) is 37.3 Å². The topological polar surface area (TPSA) is 79.2 Å². The lowest BCUT2D eigenvalue weighted by atomic mass is 10.1. The standard InChI is InChI=1S/C18H24N4O2.ClH/c1-2-16-15(18(24)20-9-14-8-19-11-17(14)23)10-21-22(16)12-13-6-4-3-5-7-13;/h3-7,10,14,17,19,23H,2,8-9,11-12H2,1H3,(H,20,24);1H. The van der Waals surface area contributed by atoms with E-state index in [-0.39, 0.29) is 24.2 Å². The fourth-order valence-electron chi connectivity index (χ4n) is 3.11. The van der Waals surface area contributed by atoms with E-state index in [2.05, 4.69) is 27.9 Å². The monoisotopic (exact) mass is 364 g/mol. The number of hydrogen-bond donors (Lipinski definition) is 3. The van der Waals surface area contributed by atoms with Crippen LogP contribution >= 0.6 is 12.4 Å². The van der Waals surface area contributed by atoms with Crippen LogP contribution in [0.15, 0.2) is 36.5 Å². The highest BCUT2D eigenvalue weighted by atomic mass is 35.5. The zero-order valence-electron chi connectivity index (χ0n) is 14.3.